The molecule has 0 aliphatic carbocycles. The van der Waals surface area contributed by atoms with Crippen LogP contribution >= 0.6 is 23.2 Å². The molecule has 0 bridgehead atoms. The number of aliphatic hydroxyl groups excluding tert-OH is 1. The summed E-state index contributed by atoms with van der Waals surface area (Å²) in [5.74, 6) is -0.416. The average molecular weight is 295 g/mol. The Labute approximate surface area is 121 Å². The van der Waals surface area contributed by atoms with Crippen molar-refractivity contribution in [3.8, 4) is 0 Å². The summed E-state index contributed by atoms with van der Waals surface area (Å²) in [6.07, 6.45) is -1.29. The molecule has 2 aromatic carbocycles. The maximum Gasteiger partial charge on any atom is 0.193 e. The molecule has 98 valence electrons. The van der Waals surface area contributed by atoms with Crippen LogP contribution in [0.5, 0.6) is 0 Å². The van der Waals surface area contributed by atoms with Crippen LogP contribution < -0.4 is 0 Å². The molecule has 0 radical (unpaired) electrons. The Morgan fingerprint density at radius 3 is 2.16 bits per heavy atom. The van der Waals surface area contributed by atoms with Gasteiger partial charge in [-0.3, -0.25) is 4.79 Å². The van der Waals surface area contributed by atoms with Crippen molar-refractivity contribution in [2.75, 3.05) is 0 Å². The van der Waals surface area contributed by atoms with Gasteiger partial charge in [-0.05, 0) is 29.8 Å². The highest BCUT2D eigenvalue weighted by atomic mass is 35.5. The van der Waals surface area contributed by atoms with Gasteiger partial charge in [-0.2, -0.15) is 0 Å². The van der Waals surface area contributed by atoms with E-state index in [1.165, 1.54) is 0 Å². The Balaban J connectivity index is 2.17. The molecule has 0 fully saturated rings. The largest absolute Gasteiger partial charge is 0.383 e. The molecular weight excluding hydrogens is 283 g/mol. The van der Waals surface area contributed by atoms with Crippen LogP contribution in [0.2, 0.25) is 5.02 Å². The topological polar surface area (TPSA) is 37.3 Å². The third-order valence-corrected chi connectivity index (χ3v) is 3.54. The standard InChI is InChI=1S/C15H12Cl2O2/c16-12-8-6-11(7-9-12)14(18)15(19)13(17)10-4-2-1-3-5-10/h1-9,13,15,19H/t13-,15+/m0/s1. The van der Waals surface area contributed by atoms with Crippen molar-refractivity contribution in [1.29, 1.82) is 0 Å². The quantitative estimate of drug-likeness (QED) is 0.687. The molecule has 19 heavy (non-hydrogen) atoms. The van der Waals surface area contributed by atoms with Crippen LogP contribution in [-0.4, -0.2) is 17.0 Å². The average Bonchev–Trinajstić information content (AvgIpc) is 2.46. The van der Waals surface area contributed by atoms with Crippen molar-refractivity contribution in [2.45, 2.75) is 11.5 Å². The number of Topliss-reactive ketones (excluding diaryl/α,β-unsaturated/α-hetero) is 1. The van der Waals surface area contributed by atoms with Crippen LogP contribution in [-0.2, 0) is 0 Å². The molecule has 1 N–H and O–H groups in total. The zero-order valence-electron chi connectivity index (χ0n) is 9.96. The van der Waals surface area contributed by atoms with Crippen LogP contribution in [0.15, 0.2) is 54.6 Å². The smallest absolute Gasteiger partial charge is 0.193 e. The van der Waals surface area contributed by atoms with Crippen molar-refractivity contribution in [2.24, 2.45) is 0 Å². The fourth-order valence-corrected chi connectivity index (χ4v) is 2.12. The van der Waals surface area contributed by atoms with Crippen molar-refractivity contribution >= 4 is 29.0 Å². The lowest BCUT2D eigenvalue weighted by molar-refractivity contribution is 0.0738. The van der Waals surface area contributed by atoms with Gasteiger partial charge in [-0.15, -0.1) is 11.6 Å². The molecule has 2 atom stereocenters. The zero-order chi connectivity index (χ0) is 13.8. The number of carbonyl (C=O) groups excluding carboxylic acids is 1. The van der Waals surface area contributed by atoms with Crippen molar-refractivity contribution < 1.29 is 9.90 Å². The molecule has 0 spiro atoms. The number of ketones is 1. The minimum absolute atomic E-state index is 0.387. The lowest BCUT2D eigenvalue weighted by Crippen LogP contribution is -2.25. The van der Waals surface area contributed by atoms with E-state index in [-0.39, 0.29) is 0 Å². The van der Waals surface area contributed by atoms with E-state index < -0.39 is 17.3 Å². The van der Waals surface area contributed by atoms with Crippen LogP contribution in [0.25, 0.3) is 0 Å². The van der Waals surface area contributed by atoms with Crippen LogP contribution in [0.4, 0.5) is 0 Å². The molecule has 0 saturated heterocycles. The molecule has 2 rings (SSSR count). The molecule has 2 aromatic rings. The van der Waals surface area contributed by atoms with E-state index in [0.29, 0.717) is 16.1 Å². The van der Waals surface area contributed by atoms with Crippen LogP contribution in [0.3, 0.4) is 0 Å². The van der Waals surface area contributed by atoms with E-state index in [9.17, 15) is 9.90 Å². The van der Waals surface area contributed by atoms with Gasteiger partial charge >= 0.3 is 0 Å². The lowest BCUT2D eigenvalue weighted by Gasteiger charge is -2.16. The third-order valence-electron chi connectivity index (χ3n) is 2.79. The van der Waals surface area contributed by atoms with E-state index in [1.807, 2.05) is 18.2 Å². The van der Waals surface area contributed by atoms with E-state index in [2.05, 4.69) is 0 Å². The van der Waals surface area contributed by atoms with Gasteiger partial charge in [0.15, 0.2) is 5.78 Å². The molecule has 0 aliphatic rings. The third kappa shape index (κ3) is 3.35. The summed E-state index contributed by atoms with van der Waals surface area (Å²) in [4.78, 5) is 12.1. The first-order chi connectivity index (χ1) is 9.09. The summed E-state index contributed by atoms with van der Waals surface area (Å²) < 4.78 is 0. The molecule has 0 unspecified atom stereocenters. The summed E-state index contributed by atoms with van der Waals surface area (Å²) in [6, 6.07) is 15.4. The molecule has 4 heteroatoms. The first kappa shape index (κ1) is 14.1. The van der Waals surface area contributed by atoms with Crippen molar-refractivity contribution in [1.82, 2.24) is 0 Å². The Kier molecular flexibility index (Phi) is 4.59. The van der Waals surface area contributed by atoms with E-state index >= 15 is 0 Å². The molecule has 0 aromatic heterocycles. The minimum atomic E-state index is -1.29. The van der Waals surface area contributed by atoms with Crippen LogP contribution in [0, 0.1) is 0 Å². The second kappa shape index (κ2) is 6.20. The van der Waals surface area contributed by atoms with E-state index in [4.69, 9.17) is 23.2 Å². The summed E-state index contributed by atoms with van der Waals surface area (Å²) in [7, 11) is 0. The van der Waals surface area contributed by atoms with Gasteiger partial charge in [0.1, 0.15) is 6.10 Å². The Hall–Kier alpha value is -1.35. The predicted octanol–water partition coefficient (Wildman–Crippen LogP) is 3.86. The first-order valence-electron chi connectivity index (χ1n) is 5.76. The molecule has 0 heterocycles. The van der Waals surface area contributed by atoms with Crippen molar-refractivity contribution in [3.63, 3.8) is 0 Å². The normalized spacial score (nSPS) is 13.8. The number of halogens is 2. The van der Waals surface area contributed by atoms with Gasteiger partial charge in [0.25, 0.3) is 0 Å². The van der Waals surface area contributed by atoms with Gasteiger partial charge < -0.3 is 5.11 Å². The minimum Gasteiger partial charge on any atom is -0.383 e. The summed E-state index contributed by atoms with van der Waals surface area (Å²) in [6.45, 7) is 0. The van der Waals surface area contributed by atoms with Gasteiger partial charge in [-0.1, -0.05) is 41.9 Å². The van der Waals surface area contributed by atoms with Crippen LogP contribution in [0.1, 0.15) is 21.3 Å². The highest BCUT2D eigenvalue weighted by Crippen LogP contribution is 2.26. The maximum atomic E-state index is 12.1. The lowest BCUT2D eigenvalue weighted by atomic mass is 9.99. The Morgan fingerprint density at radius 2 is 1.58 bits per heavy atom. The number of hydrogen-bond acceptors (Lipinski definition) is 2. The van der Waals surface area contributed by atoms with Gasteiger partial charge in [0, 0.05) is 10.6 Å². The number of hydrogen-bond donors (Lipinski definition) is 1. The highest BCUT2D eigenvalue weighted by molar-refractivity contribution is 6.30. The summed E-state index contributed by atoms with van der Waals surface area (Å²) >= 11 is 11.9. The van der Waals surface area contributed by atoms with Gasteiger partial charge in [-0.25, -0.2) is 0 Å². The Bertz CT molecular complexity index is 552. The van der Waals surface area contributed by atoms with Gasteiger partial charge in [0.05, 0.1) is 5.38 Å². The molecule has 0 amide bonds. The van der Waals surface area contributed by atoms with Crippen molar-refractivity contribution in [3.05, 3.63) is 70.7 Å². The maximum absolute atomic E-state index is 12.1. The van der Waals surface area contributed by atoms with E-state index in [1.54, 1.807) is 36.4 Å². The fourth-order valence-electron chi connectivity index (χ4n) is 1.74. The predicted molar refractivity (Wildman–Crippen MR) is 76.8 cm³/mol. The second-order valence-electron chi connectivity index (χ2n) is 4.13. The number of benzene rings is 2. The zero-order valence-corrected chi connectivity index (χ0v) is 11.5. The number of carbonyl (C=O) groups is 1. The SMILES string of the molecule is O=C(c1ccc(Cl)cc1)[C@H](O)[C@@H](Cl)c1ccccc1. The van der Waals surface area contributed by atoms with E-state index in [0.717, 1.165) is 0 Å². The summed E-state index contributed by atoms with van der Waals surface area (Å²) in [5.41, 5.74) is 1.09. The number of alkyl halides is 1. The summed E-state index contributed by atoms with van der Waals surface area (Å²) in [5, 5.41) is 9.81. The first-order valence-corrected chi connectivity index (χ1v) is 6.58. The Morgan fingerprint density at radius 1 is 1.00 bits per heavy atom. The molecule has 0 saturated carbocycles. The fraction of sp³-hybridized carbons (Fsp3) is 0.133. The number of aliphatic hydroxyl groups is 1. The molecule has 2 nitrogen and oxygen atoms in total. The molecule has 0 aliphatic heterocycles. The monoisotopic (exact) mass is 294 g/mol. The number of rotatable bonds is 4. The second-order valence-corrected chi connectivity index (χ2v) is 5.04. The van der Waals surface area contributed by atoms with Gasteiger partial charge in [0.2, 0.25) is 0 Å². The highest BCUT2D eigenvalue weighted by Gasteiger charge is 2.26. The molecular formula is C15H12Cl2O2.